The number of nitrogens with zero attached hydrogens (tertiary/aromatic N) is 4. The molecular weight excluding hydrogens is 384 g/mol. The smallest absolute Gasteiger partial charge is 0.267 e. The average molecular weight is 405 g/mol. The number of rotatable bonds is 4. The number of hydrazone groups is 1. The number of carbonyl (C=O) groups is 1. The molecule has 0 atom stereocenters. The Morgan fingerprint density at radius 2 is 1.79 bits per heavy atom. The Hall–Kier alpha value is -3.18. The van der Waals surface area contributed by atoms with Gasteiger partial charge in [0.1, 0.15) is 0 Å². The number of hydrogen-bond donors (Lipinski definition) is 0. The first-order chi connectivity index (χ1) is 13.9. The van der Waals surface area contributed by atoms with Crippen molar-refractivity contribution in [3.05, 3.63) is 87.7 Å². The molecule has 0 N–H and O–H groups in total. The minimum atomic E-state index is -0.167. The van der Waals surface area contributed by atoms with E-state index in [-0.39, 0.29) is 5.91 Å². The zero-order chi connectivity index (χ0) is 20.5. The van der Waals surface area contributed by atoms with Gasteiger partial charge < -0.3 is 0 Å². The zero-order valence-corrected chi connectivity index (χ0v) is 17.3. The molecule has 1 aromatic heterocycles. The second kappa shape index (κ2) is 7.68. The summed E-state index contributed by atoms with van der Waals surface area (Å²) in [6.07, 6.45) is 1.89. The van der Waals surface area contributed by atoms with Crippen LogP contribution in [0.15, 0.2) is 65.3 Å². The number of anilines is 1. The van der Waals surface area contributed by atoms with E-state index in [0.29, 0.717) is 28.5 Å². The fraction of sp³-hybridized carbons (Fsp3) is 0.174. The first-order valence-electron chi connectivity index (χ1n) is 9.39. The van der Waals surface area contributed by atoms with Gasteiger partial charge in [0.15, 0.2) is 0 Å². The lowest BCUT2D eigenvalue weighted by Crippen LogP contribution is -2.21. The predicted octanol–water partition coefficient (Wildman–Crippen LogP) is 5.01. The molecule has 29 heavy (non-hydrogen) atoms. The fourth-order valence-electron chi connectivity index (χ4n) is 3.44. The summed E-state index contributed by atoms with van der Waals surface area (Å²) >= 11 is 6.07. The summed E-state index contributed by atoms with van der Waals surface area (Å²) in [7, 11) is 0. The van der Waals surface area contributed by atoms with Gasteiger partial charge in [0.05, 0.1) is 29.2 Å². The maximum absolute atomic E-state index is 13.0. The highest BCUT2D eigenvalue weighted by molar-refractivity contribution is 6.33. The lowest BCUT2D eigenvalue weighted by molar-refractivity contribution is -0.114. The molecule has 0 aliphatic carbocycles. The van der Waals surface area contributed by atoms with Crippen LogP contribution in [0.5, 0.6) is 0 Å². The third-order valence-electron chi connectivity index (χ3n) is 5.02. The minimum absolute atomic E-state index is 0.167. The van der Waals surface area contributed by atoms with Crippen molar-refractivity contribution in [3.8, 4) is 0 Å². The second-order valence-electron chi connectivity index (χ2n) is 7.07. The molecule has 6 heteroatoms. The Morgan fingerprint density at radius 1 is 1.03 bits per heavy atom. The van der Waals surface area contributed by atoms with E-state index in [4.69, 9.17) is 11.6 Å². The number of benzene rings is 2. The van der Waals surface area contributed by atoms with Gasteiger partial charge in [-0.05, 0) is 50.6 Å². The molecule has 0 radical (unpaired) electrons. The summed E-state index contributed by atoms with van der Waals surface area (Å²) in [6, 6.07) is 17.3. The number of aryl methyl sites for hydroxylation is 1. The van der Waals surface area contributed by atoms with Crippen LogP contribution in [-0.2, 0) is 11.3 Å². The van der Waals surface area contributed by atoms with Crippen LogP contribution in [0.25, 0.3) is 6.08 Å². The van der Waals surface area contributed by atoms with E-state index >= 15 is 0 Å². The van der Waals surface area contributed by atoms with Crippen LogP contribution < -0.4 is 5.01 Å². The highest BCUT2D eigenvalue weighted by Gasteiger charge is 2.29. The van der Waals surface area contributed by atoms with Crippen molar-refractivity contribution >= 4 is 35.0 Å². The summed E-state index contributed by atoms with van der Waals surface area (Å²) in [5, 5.41) is 11.1. The third kappa shape index (κ3) is 3.74. The van der Waals surface area contributed by atoms with Gasteiger partial charge in [-0.2, -0.15) is 15.2 Å². The topological polar surface area (TPSA) is 50.5 Å². The SMILES string of the molecule is CC1=NN(c2cccc(Cl)c2)C(=O)/C1=C/c1c(C)nn(Cc2ccccc2)c1C. The standard InChI is InChI=1S/C23H21ClN4O/c1-15-21(17(3)27(25-15)14-18-8-5-4-6-9-18)13-22-16(2)26-28(23(22)29)20-11-7-10-19(24)12-20/h4-13H,14H2,1-3H3/b22-13+. The second-order valence-corrected chi connectivity index (χ2v) is 7.50. The monoisotopic (exact) mass is 404 g/mol. The van der Waals surface area contributed by atoms with E-state index in [1.54, 1.807) is 18.2 Å². The van der Waals surface area contributed by atoms with E-state index in [1.165, 1.54) is 10.6 Å². The minimum Gasteiger partial charge on any atom is -0.267 e. The maximum atomic E-state index is 13.0. The van der Waals surface area contributed by atoms with Crippen LogP contribution in [0.4, 0.5) is 5.69 Å². The van der Waals surface area contributed by atoms with Crippen LogP contribution in [-0.4, -0.2) is 21.4 Å². The van der Waals surface area contributed by atoms with Gasteiger partial charge in [-0.1, -0.05) is 48.0 Å². The van der Waals surface area contributed by atoms with E-state index < -0.39 is 0 Å². The maximum Gasteiger partial charge on any atom is 0.280 e. The Bertz CT molecular complexity index is 1140. The molecule has 0 spiro atoms. The van der Waals surface area contributed by atoms with Crippen LogP contribution in [0, 0.1) is 13.8 Å². The number of halogens is 1. The van der Waals surface area contributed by atoms with Gasteiger partial charge in [-0.25, -0.2) is 0 Å². The Kier molecular flexibility index (Phi) is 5.07. The first kappa shape index (κ1) is 19.2. The summed E-state index contributed by atoms with van der Waals surface area (Å²) in [5.41, 5.74) is 5.91. The van der Waals surface area contributed by atoms with Crippen molar-refractivity contribution in [1.29, 1.82) is 0 Å². The predicted molar refractivity (Wildman–Crippen MR) is 117 cm³/mol. The first-order valence-corrected chi connectivity index (χ1v) is 9.77. The van der Waals surface area contributed by atoms with Crippen LogP contribution in [0.1, 0.15) is 29.4 Å². The van der Waals surface area contributed by atoms with Crippen LogP contribution in [0.2, 0.25) is 5.02 Å². The molecular formula is C23H21ClN4O. The van der Waals surface area contributed by atoms with Crippen molar-refractivity contribution in [1.82, 2.24) is 9.78 Å². The number of carbonyl (C=O) groups excluding carboxylic acids is 1. The van der Waals surface area contributed by atoms with E-state index in [9.17, 15) is 4.79 Å². The molecule has 2 heterocycles. The van der Waals surface area contributed by atoms with Crippen molar-refractivity contribution in [2.45, 2.75) is 27.3 Å². The van der Waals surface area contributed by atoms with Gasteiger partial charge in [-0.3, -0.25) is 9.48 Å². The Morgan fingerprint density at radius 3 is 2.52 bits per heavy atom. The normalized spacial score (nSPS) is 15.3. The molecule has 0 saturated heterocycles. The lowest BCUT2D eigenvalue weighted by atomic mass is 10.1. The van der Waals surface area contributed by atoms with E-state index in [1.807, 2.05) is 55.8 Å². The van der Waals surface area contributed by atoms with Crippen LogP contribution >= 0.6 is 11.6 Å². The molecule has 0 bridgehead atoms. The largest absolute Gasteiger partial charge is 0.280 e. The number of aromatic nitrogens is 2. The summed E-state index contributed by atoms with van der Waals surface area (Å²) in [5.74, 6) is -0.167. The summed E-state index contributed by atoms with van der Waals surface area (Å²) in [6.45, 7) is 6.51. The molecule has 0 unspecified atom stereocenters. The Labute approximate surface area is 174 Å². The number of hydrogen-bond acceptors (Lipinski definition) is 3. The average Bonchev–Trinajstić information content (AvgIpc) is 3.13. The van der Waals surface area contributed by atoms with Gasteiger partial charge in [0.2, 0.25) is 0 Å². The molecule has 3 aromatic rings. The van der Waals surface area contributed by atoms with Crippen molar-refractivity contribution in [3.63, 3.8) is 0 Å². The zero-order valence-electron chi connectivity index (χ0n) is 16.6. The molecule has 2 aromatic carbocycles. The highest BCUT2D eigenvalue weighted by Crippen LogP contribution is 2.28. The third-order valence-corrected chi connectivity index (χ3v) is 5.25. The molecule has 0 saturated carbocycles. The molecule has 0 fully saturated rings. The van der Waals surface area contributed by atoms with Crippen molar-refractivity contribution in [2.24, 2.45) is 5.10 Å². The molecule has 1 aliphatic rings. The van der Waals surface area contributed by atoms with Gasteiger partial charge in [0.25, 0.3) is 5.91 Å². The lowest BCUT2D eigenvalue weighted by Gasteiger charge is -2.11. The van der Waals surface area contributed by atoms with E-state index in [0.717, 1.165) is 17.0 Å². The highest BCUT2D eigenvalue weighted by atomic mass is 35.5. The van der Waals surface area contributed by atoms with Crippen LogP contribution in [0.3, 0.4) is 0 Å². The van der Waals surface area contributed by atoms with Gasteiger partial charge in [0, 0.05) is 16.3 Å². The number of amides is 1. The fourth-order valence-corrected chi connectivity index (χ4v) is 3.63. The molecule has 5 nitrogen and oxygen atoms in total. The van der Waals surface area contributed by atoms with Crippen molar-refractivity contribution in [2.75, 3.05) is 5.01 Å². The summed E-state index contributed by atoms with van der Waals surface area (Å²) in [4.78, 5) is 13.0. The van der Waals surface area contributed by atoms with Crippen molar-refractivity contribution < 1.29 is 4.79 Å². The molecule has 1 amide bonds. The molecule has 1 aliphatic heterocycles. The summed E-state index contributed by atoms with van der Waals surface area (Å²) < 4.78 is 1.97. The van der Waals surface area contributed by atoms with Gasteiger partial charge in [-0.15, -0.1) is 0 Å². The Balaban J connectivity index is 1.66. The van der Waals surface area contributed by atoms with E-state index in [2.05, 4.69) is 22.3 Å². The van der Waals surface area contributed by atoms with Gasteiger partial charge >= 0.3 is 0 Å². The molecule has 146 valence electrons. The molecule has 4 rings (SSSR count). The quantitative estimate of drug-likeness (QED) is 0.574.